The second kappa shape index (κ2) is 8.11. The van der Waals surface area contributed by atoms with Crippen molar-refractivity contribution in [1.82, 2.24) is 0 Å². The Morgan fingerprint density at radius 1 is 0.935 bits per heavy atom. The SMILES string of the molecule is CC(=O)Nc1cccc(N/C(=C2\C(=O)Nc3ccc([N+](=O)[O-])cc32)c2ccccc2)c1. The third-order valence-corrected chi connectivity index (χ3v) is 4.72. The number of benzene rings is 3. The summed E-state index contributed by atoms with van der Waals surface area (Å²) in [4.78, 5) is 35.1. The minimum Gasteiger partial charge on any atom is -0.354 e. The number of nitro benzene ring substituents is 1. The molecule has 0 aromatic heterocycles. The molecule has 3 N–H and O–H groups in total. The van der Waals surface area contributed by atoms with Crippen molar-refractivity contribution in [3.05, 3.63) is 94.0 Å². The molecular weight excluding hydrogens is 396 g/mol. The molecule has 0 spiro atoms. The van der Waals surface area contributed by atoms with Crippen LogP contribution in [0, 0.1) is 10.1 Å². The lowest BCUT2D eigenvalue weighted by Gasteiger charge is -2.15. The van der Waals surface area contributed by atoms with E-state index in [4.69, 9.17) is 0 Å². The van der Waals surface area contributed by atoms with Crippen LogP contribution in [-0.4, -0.2) is 16.7 Å². The van der Waals surface area contributed by atoms with Crippen LogP contribution in [0.4, 0.5) is 22.7 Å². The molecule has 8 heteroatoms. The Morgan fingerprint density at radius 2 is 1.65 bits per heavy atom. The Morgan fingerprint density at radius 3 is 2.32 bits per heavy atom. The van der Waals surface area contributed by atoms with Crippen molar-refractivity contribution in [3.8, 4) is 0 Å². The fraction of sp³-hybridized carbons (Fsp3) is 0.0435. The summed E-state index contributed by atoms with van der Waals surface area (Å²) in [5.41, 5.74) is 3.62. The van der Waals surface area contributed by atoms with E-state index < -0.39 is 4.92 Å². The van der Waals surface area contributed by atoms with Crippen molar-refractivity contribution in [2.24, 2.45) is 0 Å². The molecule has 154 valence electrons. The normalized spacial score (nSPS) is 13.8. The van der Waals surface area contributed by atoms with Crippen molar-refractivity contribution in [2.45, 2.75) is 6.92 Å². The van der Waals surface area contributed by atoms with Gasteiger partial charge in [0.15, 0.2) is 0 Å². The number of non-ortho nitro benzene ring substituents is 1. The van der Waals surface area contributed by atoms with Crippen LogP contribution in [0.3, 0.4) is 0 Å². The number of fused-ring (bicyclic) bond motifs is 1. The number of carbonyl (C=O) groups is 2. The Hall–Kier alpha value is -4.46. The zero-order valence-corrected chi connectivity index (χ0v) is 16.5. The lowest BCUT2D eigenvalue weighted by atomic mass is 9.99. The predicted octanol–water partition coefficient (Wildman–Crippen LogP) is 4.49. The second-order valence-electron chi connectivity index (χ2n) is 6.94. The molecule has 0 saturated carbocycles. The van der Waals surface area contributed by atoms with E-state index in [0.717, 1.165) is 5.56 Å². The average molecular weight is 414 g/mol. The lowest BCUT2D eigenvalue weighted by molar-refractivity contribution is -0.384. The third kappa shape index (κ3) is 4.13. The fourth-order valence-corrected chi connectivity index (χ4v) is 3.42. The predicted molar refractivity (Wildman–Crippen MR) is 119 cm³/mol. The van der Waals surface area contributed by atoms with E-state index in [-0.39, 0.29) is 17.5 Å². The number of nitrogens with zero attached hydrogens (tertiary/aromatic N) is 1. The summed E-state index contributed by atoms with van der Waals surface area (Å²) >= 11 is 0. The Kier molecular flexibility index (Phi) is 5.19. The van der Waals surface area contributed by atoms with Crippen LogP contribution in [0.1, 0.15) is 18.1 Å². The van der Waals surface area contributed by atoms with Crippen LogP contribution in [0.15, 0.2) is 72.8 Å². The zero-order chi connectivity index (χ0) is 22.0. The average Bonchev–Trinajstić information content (AvgIpc) is 3.07. The van der Waals surface area contributed by atoms with Gasteiger partial charge in [-0.2, -0.15) is 0 Å². The minimum atomic E-state index is -0.493. The van der Waals surface area contributed by atoms with Crippen LogP contribution in [0.2, 0.25) is 0 Å². The second-order valence-corrected chi connectivity index (χ2v) is 6.94. The summed E-state index contributed by atoms with van der Waals surface area (Å²) in [6.07, 6.45) is 0. The monoisotopic (exact) mass is 414 g/mol. The zero-order valence-electron chi connectivity index (χ0n) is 16.5. The summed E-state index contributed by atoms with van der Waals surface area (Å²) in [6.45, 7) is 1.42. The van der Waals surface area contributed by atoms with E-state index >= 15 is 0 Å². The number of nitrogens with one attached hydrogen (secondary N) is 3. The number of nitro groups is 1. The molecule has 1 aliphatic heterocycles. The summed E-state index contributed by atoms with van der Waals surface area (Å²) in [6, 6.07) is 20.6. The third-order valence-electron chi connectivity index (χ3n) is 4.72. The first kappa shape index (κ1) is 19.8. The standard InChI is InChI=1S/C23H18N4O4/c1-14(28)24-16-8-5-9-17(12-16)25-22(15-6-3-2-4-7-15)21-19-13-18(27(30)31)10-11-20(19)26-23(21)29/h2-13,25H,1H3,(H,24,28)(H,26,29)/b22-21-. The number of hydrogen-bond acceptors (Lipinski definition) is 5. The van der Waals surface area contributed by atoms with Gasteiger partial charge in [0.2, 0.25) is 5.91 Å². The van der Waals surface area contributed by atoms with Crippen molar-refractivity contribution in [3.63, 3.8) is 0 Å². The molecule has 0 atom stereocenters. The molecule has 1 aliphatic rings. The van der Waals surface area contributed by atoms with Gasteiger partial charge in [-0.1, -0.05) is 36.4 Å². The molecule has 31 heavy (non-hydrogen) atoms. The number of carbonyl (C=O) groups excluding carboxylic acids is 2. The maximum absolute atomic E-state index is 12.9. The summed E-state index contributed by atoms with van der Waals surface area (Å²) in [7, 11) is 0. The van der Waals surface area contributed by atoms with Gasteiger partial charge in [0.25, 0.3) is 11.6 Å². The lowest BCUT2D eigenvalue weighted by Crippen LogP contribution is -2.10. The summed E-state index contributed by atoms with van der Waals surface area (Å²) in [5, 5.41) is 20.0. The molecule has 0 radical (unpaired) electrons. The van der Waals surface area contributed by atoms with Gasteiger partial charge in [-0.05, 0) is 29.8 Å². The molecule has 0 bridgehead atoms. The first-order chi connectivity index (χ1) is 14.9. The van der Waals surface area contributed by atoms with Gasteiger partial charge in [0.1, 0.15) is 0 Å². The molecule has 1 heterocycles. The number of anilines is 3. The first-order valence-electron chi connectivity index (χ1n) is 9.47. The van der Waals surface area contributed by atoms with Crippen molar-refractivity contribution in [1.29, 1.82) is 0 Å². The highest BCUT2D eigenvalue weighted by molar-refractivity contribution is 6.37. The van der Waals surface area contributed by atoms with Gasteiger partial charge >= 0.3 is 0 Å². The van der Waals surface area contributed by atoms with E-state index in [9.17, 15) is 19.7 Å². The molecule has 8 nitrogen and oxygen atoms in total. The number of hydrogen-bond donors (Lipinski definition) is 3. The Labute approximate surface area is 177 Å². The van der Waals surface area contributed by atoms with Crippen molar-refractivity contribution >= 4 is 45.8 Å². The Balaban J connectivity index is 1.87. The smallest absolute Gasteiger partial charge is 0.270 e. The highest BCUT2D eigenvalue weighted by atomic mass is 16.6. The van der Waals surface area contributed by atoms with Gasteiger partial charge in [-0.15, -0.1) is 0 Å². The van der Waals surface area contributed by atoms with Gasteiger partial charge in [-0.25, -0.2) is 0 Å². The van der Waals surface area contributed by atoms with E-state index in [1.165, 1.54) is 25.1 Å². The van der Waals surface area contributed by atoms with Crippen LogP contribution < -0.4 is 16.0 Å². The van der Waals surface area contributed by atoms with Gasteiger partial charge in [-0.3, -0.25) is 19.7 Å². The van der Waals surface area contributed by atoms with E-state index in [2.05, 4.69) is 16.0 Å². The molecule has 0 aliphatic carbocycles. The maximum atomic E-state index is 12.9. The number of amides is 2. The molecule has 4 rings (SSSR count). The van der Waals surface area contributed by atoms with Crippen LogP contribution in [-0.2, 0) is 9.59 Å². The first-order valence-corrected chi connectivity index (χ1v) is 9.47. The molecular formula is C23H18N4O4. The number of rotatable bonds is 5. The highest BCUT2D eigenvalue weighted by Gasteiger charge is 2.30. The van der Waals surface area contributed by atoms with Crippen LogP contribution in [0.25, 0.3) is 11.3 Å². The minimum absolute atomic E-state index is 0.104. The van der Waals surface area contributed by atoms with E-state index in [0.29, 0.717) is 33.9 Å². The molecule has 2 amide bonds. The molecule has 0 fully saturated rings. The molecule has 3 aromatic rings. The van der Waals surface area contributed by atoms with Crippen molar-refractivity contribution < 1.29 is 14.5 Å². The maximum Gasteiger partial charge on any atom is 0.270 e. The van der Waals surface area contributed by atoms with E-state index in [1.54, 1.807) is 24.3 Å². The highest BCUT2D eigenvalue weighted by Crippen LogP contribution is 2.39. The quantitative estimate of drug-likeness (QED) is 0.323. The van der Waals surface area contributed by atoms with Crippen LogP contribution >= 0.6 is 0 Å². The Bertz CT molecular complexity index is 1240. The van der Waals surface area contributed by atoms with Crippen molar-refractivity contribution in [2.75, 3.05) is 16.0 Å². The van der Waals surface area contributed by atoms with Crippen LogP contribution in [0.5, 0.6) is 0 Å². The fourth-order valence-electron chi connectivity index (χ4n) is 3.42. The molecule has 0 saturated heterocycles. The summed E-state index contributed by atoms with van der Waals surface area (Å²) < 4.78 is 0. The molecule has 0 unspecified atom stereocenters. The van der Waals surface area contributed by atoms with Gasteiger partial charge < -0.3 is 16.0 Å². The van der Waals surface area contributed by atoms with Gasteiger partial charge in [0, 0.05) is 41.7 Å². The van der Waals surface area contributed by atoms with E-state index in [1.807, 2.05) is 30.3 Å². The topological polar surface area (TPSA) is 113 Å². The van der Waals surface area contributed by atoms with Gasteiger partial charge in [0.05, 0.1) is 16.2 Å². The largest absolute Gasteiger partial charge is 0.354 e. The summed E-state index contributed by atoms with van der Waals surface area (Å²) in [5.74, 6) is -0.560. The molecule has 3 aromatic carbocycles.